The summed E-state index contributed by atoms with van der Waals surface area (Å²) in [5, 5.41) is 8.60. The number of carbonyl (C=O) groups is 1. The maximum Gasteiger partial charge on any atom is 0.270 e. The van der Waals surface area contributed by atoms with E-state index >= 15 is 0 Å². The Labute approximate surface area is 115 Å². The summed E-state index contributed by atoms with van der Waals surface area (Å²) in [6.45, 7) is 3.84. The molecule has 0 atom stereocenters. The Hall–Kier alpha value is -0.850. The van der Waals surface area contributed by atoms with E-state index in [1.807, 2.05) is 20.2 Å². The molecule has 0 aliphatic carbocycles. The Balaban J connectivity index is 2.59. The van der Waals surface area contributed by atoms with Crippen molar-refractivity contribution in [2.75, 3.05) is 32.9 Å². The van der Waals surface area contributed by atoms with E-state index in [2.05, 4.69) is 15.9 Å². The second kappa shape index (κ2) is 7.56. The highest BCUT2D eigenvalue weighted by Gasteiger charge is 2.17. The lowest BCUT2D eigenvalue weighted by molar-refractivity contribution is 0.0572. The molecule has 0 spiro atoms. The molecule has 102 valence electrons. The molecule has 0 saturated heterocycles. The highest BCUT2D eigenvalue weighted by molar-refractivity contribution is 9.10. The highest BCUT2D eigenvalue weighted by atomic mass is 79.9. The highest BCUT2D eigenvalue weighted by Crippen LogP contribution is 2.15. The van der Waals surface area contributed by atoms with Crippen LogP contribution in [0.2, 0.25) is 0 Å². The van der Waals surface area contributed by atoms with Crippen molar-refractivity contribution in [1.29, 1.82) is 0 Å². The number of amides is 1. The molecule has 1 heterocycles. The first kappa shape index (κ1) is 15.2. The monoisotopic (exact) mass is 318 g/mol. The van der Waals surface area contributed by atoms with Gasteiger partial charge in [0.05, 0.1) is 19.8 Å². The summed E-state index contributed by atoms with van der Waals surface area (Å²) in [4.78, 5) is 14.0. The summed E-state index contributed by atoms with van der Waals surface area (Å²) < 4.78 is 7.86. The van der Waals surface area contributed by atoms with Crippen LogP contribution < -0.4 is 0 Å². The zero-order chi connectivity index (χ0) is 13.5. The summed E-state index contributed by atoms with van der Waals surface area (Å²) in [5.41, 5.74) is 0.644. The largest absolute Gasteiger partial charge is 0.394 e. The van der Waals surface area contributed by atoms with Gasteiger partial charge >= 0.3 is 0 Å². The molecular formula is C12H19BrN2O3. The lowest BCUT2D eigenvalue weighted by atomic mass is 10.3. The fourth-order valence-electron chi connectivity index (χ4n) is 1.64. The van der Waals surface area contributed by atoms with E-state index in [0.717, 1.165) is 4.47 Å². The Kier molecular flexibility index (Phi) is 6.38. The number of hydrogen-bond donors (Lipinski definition) is 1. The number of ether oxygens (including phenoxy) is 1. The fraction of sp³-hybridized carbons (Fsp3) is 0.583. The Morgan fingerprint density at radius 1 is 1.56 bits per heavy atom. The first-order valence-corrected chi connectivity index (χ1v) is 6.69. The number of hydrogen-bond acceptors (Lipinski definition) is 3. The van der Waals surface area contributed by atoms with E-state index in [0.29, 0.717) is 32.0 Å². The van der Waals surface area contributed by atoms with Crippen LogP contribution in [0.15, 0.2) is 16.7 Å². The van der Waals surface area contributed by atoms with E-state index in [1.54, 1.807) is 15.5 Å². The maximum atomic E-state index is 12.3. The van der Waals surface area contributed by atoms with E-state index in [-0.39, 0.29) is 12.5 Å². The topological polar surface area (TPSA) is 54.7 Å². The van der Waals surface area contributed by atoms with Crippen LogP contribution in [-0.2, 0) is 11.8 Å². The lowest BCUT2D eigenvalue weighted by Gasteiger charge is -2.20. The minimum atomic E-state index is -0.0155. The smallest absolute Gasteiger partial charge is 0.270 e. The molecule has 1 aromatic rings. The van der Waals surface area contributed by atoms with Crippen molar-refractivity contribution in [3.63, 3.8) is 0 Å². The first-order valence-electron chi connectivity index (χ1n) is 5.89. The molecule has 0 unspecified atom stereocenters. The van der Waals surface area contributed by atoms with Crippen LogP contribution in [-0.4, -0.2) is 53.4 Å². The Morgan fingerprint density at radius 2 is 2.28 bits per heavy atom. The average molecular weight is 319 g/mol. The fourth-order valence-corrected chi connectivity index (χ4v) is 2.17. The molecule has 0 aliphatic heterocycles. The Bertz CT molecular complexity index is 393. The summed E-state index contributed by atoms with van der Waals surface area (Å²) in [7, 11) is 1.84. The summed E-state index contributed by atoms with van der Waals surface area (Å²) in [6.07, 6.45) is 1.85. The zero-order valence-corrected chi connectivity index (χ0v) is 12.3. The van der Waals surface area contributed by atoms with Crippen LogP contribution in [0, 0.1) is 0 Å². The maximum absolute atomic E-state index is 12.3. The molecule has 1 amide bonds. The van der Waals surface area contributed by atoms with E-state index in [1.165, 1.54) is 0 Å². The molecule has 1 rings (SSSR count). The predicted octanol–water partition coefficient (Wildman–Crippen LogP) is 1.26. The van der Waals surface area contributed by atoms with Gasteiger partial charge in [0.25, 0.3) is 5.91 Å². The van der Waals surface area contributed by atoms with Gasteiger partial charge in [-0.1, -0.05) is 0 Å². The molecule has 0 radical (unpaired) electrons. The number of carbonyl (C=O) groups excluding carboxylic acids is 1. The van der Waals surface area contributed by atoms with Crippen molar-refractivity contribution in [2.45, 2.75) is 6.92 Å². The SMILES string of the molecule is CCN(CCOCCO)C(=O)c1cc(Br)cn1C. The van der Waals surface area contributed by atoms with Gasteiger partial charge in [-0.15, -0.1) is 0 Å². The number of aliphatic hydroxyl groups is 1. The third-order valence-corrected chi connectivity index (χ3v) is 3.03. The third-order valence-electron chi connectivity index (χ3n) is 2.60. The molecule has 18 heavy (non-hydrogen) atoms. The normalized spacial score (nSPS) is 10.7. The minimum Gasteiger partial charge on any atom is -0.394 e. The lowest BCUT2D eigenvalue weighted by Crippen LogP contribution is -2.35. The third kappa shape index (κ3) is 4.12. The van der Waals surface area contributed by atoms with Crippen molar-refractivity contribution < 1.29 is 14.6 Å². The number of halogens is 1. The van der Waals surface area contributed by atoms with Crippen LogP contribution in [0.1, 0.15) is 17.4 Å². The number of aromatic nitrogens is 1. The number of aryl methyl sites for hydroxylation is 1. The molecule has 0 aromatic carbocycles. The molecule has 0 aliphatic rings. The second-order valence-electron chi connectivity index (χ2n) is 3.88. The first-order chi connectivity index (χ1) is 8.60. The van der Waals surface area contributed by atoms with Gasteiger partial charge in [-0.3, -0.25) is 4.79 Å². The van der Waals surface area contributed by atoms with E-state index in [9.17, 15) is 4.79 Å². The van der Waals surface area contributed by atoms with Crippen molar-refractivity contribution >= 4 is 21.8 Å². The molecule has 6 heteroatoms. The summed E-state index contributed by atoms with van der Waals surface area (Å²) >= 11 is 3.35. The van der Waals surface area contributed by atoms with E-state index in [4.69, 9.17) is 9.84 Å². The molecule has 5 nitrogen and oxygen atoms in total. The zero-order valence-electron chi connectivity index (χ0n) is 10.7. The second-order valence-corrected chi connectivity index (χ2v) is 4.79. The average Bonchev–Trinajstić information content (AvgIpc) is 2.68. The molecule has 1 aromatic heterocycles. The van der Waals surface area contributed by atoms with Gasteiger partial charge in [0, 0.05) is 30.8 Å². The van der Waals surface area contributed by atoms with Crippen LogP contribution in [0.3, 0.4) is 0 Å². The van der Waals surface area contributed by atoms with Crippen LogP contribution in [0.25, 0.3) is 0 Å². The summed E-state index contributed by atoms with van der Waals surface area (Å²) in [5.74, 6) is -0.0155. The van der Waals surface area contributed by atoms with Gasteiger partial charge in [-0.05, 0) is 28.9 Å². The van der Waals surface area contributed by atoms with Crippen LogP contribution in [0.5, 0.6) is 0 Å². The molecular weight excluding hydrogens is 300 g/mol. The van der Waals surface area contributed by atoms with Crippen LogP contribution >= 0.6 is 15.9 Å². The van der Waals surface area contributed by atoms with Gasteiger partial charge in [0.2, 0.25) is 0 Å². The standard InChI is InChI=1S/C12H19BrN2O3/c1-3-15(4-6-18-7-5-16)12(17)11-8-10(13)9-14(11)2/h8-9,16H,3-7H2,1-2H3. The molecule has 1 N–H and O–H groups in total. The number of nitrogens with zero attached hydrogens (tertiary/aromatic N) is 2. The van der Waals surface area contributed by atoms with Gasteiger partial charge < -0.3 is 19.3 Å². The minimum absolute atomic E-state index is 0.00479. The van der Waals surface area contributed by atoms with Gasteiger partial charge in [-0.2, -0.15) is 0 Å². The quantitative estimate of drug-likeness (QED) is 0.770. The van der Waals surface area contributed by atoms with Crippen LogP contribution in [0.4, 0.5) is 0 Å². The number of rotatable bonds is 7. The molecule has 0 fully saturated rings. The number of likely N-dealkylation sites (N-methyl/N-ethyl adjacent to an activating group) is 1. The van der Waals surface area contributed by atoms with Gasteiger partial charge in [0.15, 0.2) is 0 Å². The van der Waals surface area contributed by atoms with Crippen molar-refractivity contribution in [3.8, 4) is 0 Å². The number of aliphatic hydroxyl groups excluding tert-OH is 1. The van der Waals surface area contributed by atoms with Gasteiger partial charge in [0.1, 0.15) is 5.69 Å². The van der Waals surface area contributed by atoms with Crippen molar-refractivity contribution in [1.82, 2.24) is 9.47 Å². The predicted molar refractivity (Wildman–Crippen MR) is 72.6 cm³/mol. The van der Waals surface area contributed by atoms with Crippen molar-refractivity contribution in [3.05, 3.63) is 22.4 Å². The molecule has 0 saturated carbocycles. The summed E-state index contributed by atoms with van der Waals surface area (Å²) in [6, 6.07) is 1.81. The van der Waals surface area contributed by atoms with Crippen molar-refractivity contribution in [2.24, 2.45) is 7.05 Å². The Morgan fingerprint density at radius 3 is 2.78 bits per heavy atom. The molecule has 0 bridgehead atoms. The van der Waals surface area contributed by atoms with E-state index < -0.39 is 0 Å². The van der Waals surface area contributed by atoms with Gasteiger partial charge in [-0.25, -0.2) is 0 Å².